The molecule has 0 radical (unpaired) electrons. The molecule has 0 unspecified atom stereocenters. The van der Waals surface area contributed by atoms with Crippen molar-refractivity contribution in [2.45, 2.75) is 11.3 Å². The summed E-state index contributed by atoms with van der Waals surface area (Å²) in [5.74, 6) is -0.230. The van der Waals surface area contributed by atoms with Gasteiger partial charge in [-0.2, -0.15) is 0 Å². The van der Waals surface area contributed by atoms with E-state index in [0.717, 1.165) is 5.56 Å². The molecule has 0 heterocycles. The number of benzene rings is 2. The van der Waals surface area contributed by atoms with Crippen LogP contribution in [0.4, 0.5) is 5.69 Å². The number of amides is 1. The minimum atomic E-state index is -3.78. The Bertz CT molecular complexity index is 807. The molecule has 0 fully saturated rings. The number of sulfonamides is 1. The van der Waals surface area contributed by atoms with Crippen LogP contribution in [0.5, 0.6) is 0 Å². The standard InChI is InChI=1S/C14H12BrClN2O3S/c15-12-8-11(22(17,20)21)5-6-13(12)18-14(19)7-9-1-3-10(16)4-2-9/h1-6,8H,7H2,(H,18,19)(H2,17,20,21). The lowest BCUT2D eigenvalue weighted by molar-refractivity contribution is -0.115. The number of carbonyl (C=O) groups is 1. The van der Waals surface area contributed by atoms with Crippen molar-refractivity contribution in [3.63, 3.8) is 0 Å². The smallest absolute Gasteiger partial charge is 0.238 e. The van der Waals surface area contributed by atoms with Crippen molar-refractivity contribution in [1.29, 1.82) is 0 Å². The highest BCUT2D eigenvalue weighted by atomic mass is 79.9. The van der Waals surface area contributed by atoms with Crippen LogP contribution in [0.15, 0.2) is 51.8 Å². The van der Waals surface area contributed by atoms with Gasteiger partial charge in [-0.15, -0.1) is 0 Å². The molecule has 3 N–H and O–H groups in total. The number of primary sulfonamides is 1. The van der Waals surface area contributed by atoms with Crippen molar-refractivity contribution in [3.05, 3.63) is 57.5 Å². The summed E-state index contributed by atoms with van der Waals surface area (Å²) in [6, 6.07) is 11.1. The summed E-state index contributed by atoms with van der Waals surface area (Å²) >= 11 is 9.00. The SMILES string of the molecule is NS(=O)(=O)c1ccc(NC(=O)Cc2ccc(Cl)cc2)c(Br)c1. The van der Waals surface area contributed by atoms with E-state index in [1.165, 1.54) is 18.2 Å². The monoisotopic (exact) mass is 402 g/mol. The molecule has 5 nitrogen and oxygen atoms in total. The quantitative estimate of drug-likeness (QED) is 0.822. The molecule has 0 bridgehead atoms. The Balaban J connectivity index is 2.10. The topological polar surface area (TPSA) is 89.3 Å². The number of hydrogen-bond acceptors (Lipinski definition) is 3. The third-order valence-electron chi connectivity index (χ3n) is 2.82. The van der Waals surface area contributed by atoms with E-state index < -0.39 is 10.0 Å². The molecule has 0 aliphatic carbocycles. The molecule has 8 heteroatoms. The summed E-state index contributed by atoms with van der Waals surface area (Å²) in [5, 5.41) is 8.34. The molecule has 0 atom stereocenters. The van der Waals surface area contributed by atoms with Gasteiger partial charge in [0.05, 0.1) is 17.0 Å². The molecule has 0 aromatic heterocycles. The summed E-state index contributed by atoms with van der Waals surface area (Å²) in [6.07, 6.45) is 0.181. The Labute approximate surface area is 141 Å². The highest BCUT2D eigenvalue weighted by molar-refractivity contribution is 9.10. The Kier molecular flexibility index (Phi) is 5.23. The Hall–Kier alpha value is -1.41. The normalized spacial score (nSPS) is 11.2. The van der Waals surface area contributed by atoms with Gasteiger partial charge in [0, 0.05) is 9.50 Å². The number of anilines is 1. The number of hydrogen-bond donors (Lipinski definition) is 2. The maximum Gasteiger partial charge on any atom is 0.238 e. The Morgan fingerprint density at radius 3 is 2.36 bits per heavy atom. The number of nitrogens with two attached hydrogens (primary N) is 1. The van der Waals surface area contributed by atoms with E-state index in [0.29, 0.717) is 15.2 Å². The second-order valence-electron chi connectivity index (χ2n) is 4.54. The maximum absolute atomic E-state index is 12.0. The van der Waals surface area contributed by atoms with Crippen molar-refractivity contribution in [1.82, 2.24) is 0 Å². The molecular formula is C14H12BrClN2O3S. The fraction of sp³-hybridized carbons (Fsp3) is 0.0714. The predicted molar refractivity (Wildman–Crippen MR) is 89.3 cm³/mol. The van der Waals surface area contributed by atoms with Gasteiger partial charge in [-0.3, -0.25) is 4.79 Å². The fourth-order valence-corrected chi connectivity index (χ4v) is 3.05. The lowest BCUT2D eigenvalue weighted by Gasteiger charge is -2.09. The van der Waals surface area contributed by atoms with Crippen LogP contribution in [-0.2, 0) is 21.2 Å². The number of rotatable bonds is 4. The first-order valence-corrected chi connectivity index (χ1v) is 8.84. The van der Waals surface area contributed by atoms with Gasteiger partial charge >= 0.3 is 0 Å². The molecular weight excluding hydrogens is 392 g/mol. The number of nitrogens with one attached hydrogen (secondary N) is 1. The van der Waals surface area contributed by atoms with Gasteiger partial charge in [0.1, 0.15) is 0 Å². The molecule has 2 aromatic rings. The summed E-state index contributed by atoms with van der Waals surface area (Å²) in [5.41, 5.74) is 1.28. The molecule has 2 aromatic carbocycles. The van der Waals surface area contributed by atoms with E-state index in [1.807, 2.05) is 0 Å². The van der Waals surface area contributed by atoms with Gasteiger partial charge in [-0.1, -0.05) is 23.7 Å². The second kappa shape index (κ2) is 6.78. The summed E-state index contributed by atoms with van der Waals surface area (Å²) < 4.78 is 22.9. The third kappa shape index (κ3) is 4.54. The van der Waals surface area contributed by atoms with Crippen LogP contribution >= 0.6 is 27.5 Å². The van der Waals surface area contributed by atoms with Crippen LogP contribution in [0.25, 0.3) is 0 Å². The average Bonchev–Trinajstić information content (AvgIpc) is 2.42. The molecule has 116 valence electrons. The fourth-order valence-electron chi connectivity index (χ4n) is 1.76. The Morgan fingerprint density at radius 2 is 1.82 bits per heavy atom. The van der Waals surface area contributed by atoms with Crippen LogP contribution in [0.3, 0.4) is 0 Å². The van der Waals surface area contributed by atoms with E-state index in [4.69, 9.17) is 16.7 Å². The first-order chi connectivity index (χ1) is 10.3. The number of carbonyl (C=O) groups excluding carboxylic acids is 1. The first-order valence-electron chi connectivity index (χ1n) is 6.12. The van der Waals surface area contributed by atoms with Crippen LogP contribution in [0, 0.1) is 0 Å². The molecule has 0 spiro atoms. The van der Waals surface area contributed by atoms with Crippen molar-refractivity contribution < 1.29 is 13.2 Å². The minimum Gasteiger partial charge on any atom is -0.325 e. The minimum absolute atomic E-state index is 0.0323. The van der Waals surface area contributed by atoms with E-state index in [1.54, 1.807) is 24.3 Å². The first kappa shape index (κ1) is 17.0. The zero-order chi connectivity index (χ0) is 16.3. The van der Waals surface area contributed by atoms with Gasteiger partial charge in [-0.05, 0) is 51.8 Å². The Morgan fingerprint density at radius 1 is 1.18 bits per heavy atom. The van der Waals surface area contributed by atoms with Crippen LogP contribution in [-0.4, -0.2) is 14.3 Å². The van der Waals surface area contributed by atoms with Crippen molar-refractivity contribution >= 4 is 49.1 Å². The molecule has 0 saturated carbocycles. The lowest BCUT2D eigenvalue weighted by atomic mass is 10.1. The maximum atomic E-state index is 12.0. The van der Waals surface area contributed by atoms with E-state index >= 15 is 0 Å². The molecule has 0 aliphatic rings. The van der Waals surface area contributed by atoms with E-state index in [2.05, 4.69) is 21.2 Å². The van der Waals surface area contributed by atoms with Gasteiger partial charge in [0.2, 0.25) is 15.9 Å². The second-order valence-corrected chi connectivity index (χ2v) is 7.39. The molecule has 0 aliphatic heterocycles. The molecule has 2 rings (SSSR count). The van der Waals surface area contributed by atoms with Crippen LogP contribution < -0.4 is 10.5 Å². The van der Waals surface area contributed by atoms with Crippen molar-refractivity contribution in [3.8, 4) is 0 Å². The van der Waals surface area contributed by atoms with Crippen molar-refractivity contribution in [2.75, 3.05) is 5.32 Å². The summed E-state index contributed by atoms with van der Waals surface area (Å²) in [6.45, 7) is 0. The average molecular weight is 404 g/mol. The third-order valence-corrected chi connectivity index (χ3v) is 4.64. The molecule has 1 amide bonds. The van der Waals surface area contributed by atoms with Gasteiger partial charge < -0.3 is 5.32 Å². The highest BCUT2D eigenvalue weighted by Crippen LogP contribution is 2.25. The predicted octanol–water partition coefficient (Wildman–Crippen LogP) is 2.93. The van der Waals surface area contributed by atoms with Crippen LogP contribution in [0.1, 0.15) is 5.56 Å². The van der Waals surface area contributed by atoms with Crippen molar-refractivity contribution in [2.24, 2.45) is 5.14 Å². The van der Waals surface area contributed by atoms with Crippen LogP contribution in [0.2, 0.25) is 5.02 Å². The zero-order valence-electron chi connectivity index (χ0n) is 11.2. The van der Waals surface area contributed by atoms with Gasteiger partial charge in [0.15, 0.2) is 0 Å². The van der Waals surface area contributed by atoms with E-state index in [9.17, 15) is 13.2 Å². The highest BCUT2D eigenvalue weighted by Gasteiger charge is 2.12. The van der Waals surface area contributed by atoms with E-state index in [-0.39, 0.29) is 17.2 Å². The zero-order valence-corrected chi connectivity index (χ0v) is 14.4. The van der Waals surface area contributed by atoms with Gasteiger partial charge in [-0.25, -0.2) is 13.6 Å². The summed E-state index contributed by atoms with van der Waals surface area (Å²) in [4.78, 5) is 12.0. The number of halogens is 2. The molecule has 0 saturated heterocycles. The largest absolute Gasteiger partial charge is 0.325 e. The summed E-state index contributed by atoms with van der Waals surface area (Å²) in [7, 11) is -3.78. The molecule has 22 heavy (non-hydrogen) atoms. The lowest BCUT2D eigenvalue weighted by Crippen LogP contribution is -2.16. The van der Waals surface area contributed by atoms with Gasteiger partial charge in [0.25, 0.3) is 0 Å².